The van der Waals surface area contributed by atoms with Crippen LogP contribution in [0.3, 0.4) is 0 Å². The summed E-state index contributed by atoms with van der Waals surface area (Å²) in [7, 11) is 0. The van der Waals surface area contributed by atoms with Gasteiger partial charge in [0.15, 0.2) is 0 Å². The minimum Gasteiger partial charge on any atom is -0.403 e. The molecule has 0 radical (unpaired) electrons. The first-order valence-corrected chi connectivity index (χ1v) is 5.42. The first kappa shape index (κ1) is 11.2. The lowest BCUT2D eigenvalue weighted by atomic mass is 10.2. The number of fused-ring (bicyclic) bond motifs is 2. The number of nitrogens with zero attached hydrogens (tertiary/aromatic N) is 1. The minimum absolute atomic E-state index is 0.133. The second-order valence-corrected chi connectivity index (χ2v) is 3.83. The Labute approximate surface area is 106 Å². The maximum atomic E-state index is 12.2. The van der Waals surface area contributed by atoms with E-state index < -0.39 is 17.5 Å². The van der Waals surface area contributed by atoms with Gasteiger partial charge in [0, 0.05) is 18.2 Å². The van der Waals surface area contributed by atoms with E-state index in [4.69, 9.17) is 9.57 Å². The lowest BCUT2D eigenvalue weighted by molar-refractivity contribution is -0.143. The summed E-state index contributed by atoms with van der Waals surface area (Å²) in [6, 6.07) is 8.18. The normalized spacial score (nSPS) is 16.0. The summed E-state index contributed by atoms with van der Waals surface area (Å²) in [5.74, 6) is -1.71. The second-order valence-electron chi connectivity index (χ2n) is 3.83. The Morgan fingerprint density at radius 2 is 1.68 bits per heavy atom. The highest BCUT2D eigenvalue weighted by Crippen LogP contribution is 2.17. The average molecular weight is 257 g/mol. The molecule has 3 rings (SSSR count). The largest absolute Gasteiger partial charge is 0.403 e. The zero-order chi connectivity index (χ0) is 13.4. The van der Waals surface area contributed by atoms with Crippen molar-refractivity contribution >= 4 is 22.7 Å². The molecule has 2 aromatic rings. The summed E-state index contributed by atoms with van der Waals surface area (Å²) in [5.41, 5.74) is -0.565. The van der Waals surface area contributed by atoms with Crippen molar-refractivity contribution in [2.75, 3.05) is 0 Å². The number of ether oxygens (including phenoxy) is 1. The highest BCUT2D eigenvalue weighted by atomic mass is 16.7. The molecule has 1 aliphatic rings. The van der Waals surface area contributed by atoms with Crippen LogP contribution in [0.15, 0.2) is 47.3 Å². The smallest absolute Gasteiger partial charge is 0.357 e. The van der Waals surface area contributed by atoms with Crippen molar-refractivity contribution in [1.29, 1.82) is 0 Å². The molecule has 6 nitrogen and oxygen atoms in total. The number of carbonyl (C=O) groups excluding carboxylic acids is 2. The Hall–Kier alpha value is -2.89. The van der Waals surface area contributed by atoms with Crippen LogP contribution >= 0.6 is 0 Å². The third-order valence-electron chi connectivity index (χ3n) is 2.60. The quantitative estimate of drug-likeness (QED) is 0.640. The van der Waals surface area contributed by atoms with Gasteiger partial charge in [0.1, 0.15) is 0 Å². The molecule has 0 amide bonds. The Morgan fingerprint density at radius 3 is 2.53 bits per heavy atom. The van der Waals surface area contributed by atoms with E-state index in [-0.39, 0.29) is 5.88 Å². The molecule has 0 atom stereocenters. The van der Waals surface area contributed by atoms with Gasteiger partial charge in [-0.2, -0.15) is 0 Å². The molecule has 0 bridgehead atoms. The van der Waals surface area contributed by atoms with Crippen molar-refractivity contribution in [3.05, 3.63) is 52.8 Å². The molecule has 94 valence electrons. The lowest BCUT2D eigenvalue weighted by Crippen LogP contribution is -2.33. The maximum absolute atomic E-state index is 12.2. The predicted molar refractivity (Wildman–Crippen MR) is 64.6 cm³/mol. The van der Waals surface area contributed by atoms with Gasteiger partial charge in [0.25, 0.3) is 5.56 Å². The number of esters is 1. The lowest BCUT2D eigenvalue weighted by Gasteiger charge is -2.13. The number of rotatable bonds is 0. The molecule has 6 heteroatoms. The number of aromatic nitrogens is 1. The van der Waals surface area contributed by atoms with Gasteiger partial charge in [-0.15, -0.1) is 0 Å². The van der Waals surface area contributed by atoms with Crippen molar-refractivity contribution in [1.82, 2.24) is 4.73 Å². The SMILES string of the molecule is O=C1/C=C/C(=O)On2c(cc3ccccc3c2=O)O1. The summed E-state index contributed by atoms with van der Waals surface area (Å²) in [5, 5.41) is 0.951. The number of hydrogen-bond donors (Lipinski definition) is 0. The number of benzene rings is 1. The van der Waals surface area contributed by atoms with Crippen molar-refractivity contribution in [2.45, 2.75) is 0 Å². The van der Waals surface area contributed by atoms with E-state index in [1.807, 2.05) is 0 Å². The van der Waals surface area contributed by atoms with Crippen LogP contribution < -0.4 is 15.1 Å². The molecule has 0 N–H and O–H groups in total. The van der Waals surface area contributed by atoms with Crippen molar-refractivity contribution in [2.24, 2.45) is 0 Å². The van der Waals surface area contributed by atoms with E-state index in [0.29, 0.717) is 15.5 Å². The monoisotopic (exact) mass is 257 g/mol. The van der Waals surface area contributed by atoms with Crippen molar-refractivity contribution in [3.8, 4) is 5.88 Å². The van der Waals surface area contributed by atoms with E-state index >= 15 is 0 Å². The molecule has 1 aromatic carbocycles. The van der Waals surface area contributed by atoms with Gasteiger partial charge in [-0.3, -0.25) is 4.79 Å². The third kappa shape index (κ3) is 1.89. The number of hydrogen-bond acceptors (Lipinski definition) is 5. The van der Waals surface area contributed by atoms with Crippen LogP contribution in [0, 0.1) is 0 Å². The van der Waals surface area contributed by atoms with Gasteiger partial charge in [0.05, 0.1) is 5.39 Å². The first-order chi connectivity index (χ1) is 9.15. The zero-order valence-corrected chi connectivity index (χ0v) is 9.53. The van der Waals surface area contributed by atoms with Gasteiger partial charge in [0.2, 0.25) is 5.88 Å². The van der Waals surface area contributed by atoms with Crippen molar-refractivity contribution in [3.63, 3.8) is 0 Å². The van der Waals surface area contributed by atoms with E-state index in [0.717, 1.165) is 12.2 Å². The topological polar surface area (TPSA) is 74.6 Å². The van der Waals surface area contributed by atoms with Gasteiger partial charge >= 0.3 is 11.9 Å². The molecular weight excluding hydrogens is 250 g/mol. The fraction of sp³-hybridized carbons (Fsp3) is 0. The molecular formula is C13H7NO5. The molecule has 19 heavy (non-hydrogen) atoms. The van der Waals surface area contributed by atoms with Crippen LogP contribution in [-0.2, 0) is 9.59 Å². The highest BCUT2D eigenvalue weighted by molar-refractivity contribution is 5.94. The number of carbonyl (C=O) groups is 2. The standard InChI is InChI=1S/C13H7NO5/c15-11-5-6-12(16)19-14-10(18-11)7-8-3-1-2-4-9(8)13(14)17/h1-7H/b6-5+. The Morgan fingerprint density at radius 1 is 0.947 bits per heavy atom. The molecule has 2 heterocycles. The van der Waals surface area contributed by atoms with Crippen LogP contribution in [0.1, 0.15) is 0 Å². The van der Waals surface area contributed by atoms with Gasteiger partial charge in [-0.1, -0.05) is 22.9 Å². The summed E-state index contributed by atoms with van der Waals surface area (Å²) in [6.45, 7) is 0. The summed E-state index contributed by atoms with van der Waals surface area (Å²) < 4.78 is 5.61. The van der Waals surface area contributed by atoms with E-state index in [1.165, 1.54) is 6.07 Å². The molecule has 0 fully saturated rings. The Kier molecular flexibility index (Phi) is 2.42. The first-order valence-electron chi connectivity index (χ1n) is 5.42. The molecule has 0 unspecified atom stereocenters. The minimum atomic E-state index is -0.824. The van der Waals surface area contributed by atoms with Crippen LogP contribution in [-0.4, -0.2) is 16.7 Å². The van der Waals surface area contributed by atoms with Crippen LogP contribution in [0.25, 0.3) is 10.8 Å². The van der Waals surface area contributed by atoms with E-state index in [2.05, 4.69) is 0 Å². The molecule has 1 aromatic heterocycles. The summed E-state index contributed by atoms with van der Waals surface area (Å²) >= 11 is 0. The predicted octanol–water partition coefficient (Wildman–Crippen LogP) is 0.432. The average Bonchev–Trinajstić information content (AvgIpc) is 2.39. The van der Waals surface area contributed by atoms with Crippen LogP contribution in [0.5, 0.6) is 5.88 Å². The number of pyridine rings is 1. The summed E-state index contributed by atoms with van der Waals surface area (Å²) in [4.78, 5) is 39.7. The molecule has 0 aliphatic carbocycles. The molecule has 0 saturated carbocycles. The molecule has 0 saturated heterocycles. The van der Waals surface area contributed by atoms with E-state index in [9.17, 15) is 14.4 Å². The second kappa shape index (κ2) is 4.09. The van der Waals surface area contributed by atoms with Gasteiger partial charge < -0.3 is 9.57 Å². The fourth-order valence-electron chi connectivity index (χ4n) is 1.77. The Balaban J connectivity index is 2.32. The Bertz CT molecular complexity index is 787. The van der Waals surface area contributed by atoms with E-state index in [1.54, 1.807) is 24.3 Å². The highest BCUT2D eigenvalue weighted by Gasteiger charge is 2.18. The van der Waals surface area contributed by atoms with Gasteiger partial charge in [-0.05, 0) is 11.5 Å². The van der Waals surface area contributed by atoms with Gasteiger partial charge in [-0.25, -0.2) is 9.59 Å². The molecule has 0 spiro atoms. The summed E-state index contributed by atoms with van der Waals surface area (Å²) in [6.07, 6.45) is 1.83. The van der Waals surface area contributed by atoms with Crippen LogP contribution in [0.4, 0.5) is 0 Å². The zero-order valence-electron chi connectivity index (χ0n) is 9.53. The maximum Gasteiger partial charge on any atom is 0.357 e. The van der Waals surface area contributed by atoms with Crippen molar-refractivity contribution < 1.29 is 19.2 Å². The molecule has 1 aliphatic heterocycles. The third-order valence-corrected chi connectivity index (χ3v) is 2.60. The van der Waals surface area contributed by atoms with Crippen LogP contribution in [0.2, 0.25) is 0 Å². The fourth-order valence-corrected chi connectivity index (χ4v) is 1.77.